The van der Waals surface area contributed by atoms with E-state index in [1.54, 1.807) is 18.2 Å². The number of aromatic nitrogens is 2. The van der Waals surface area contributed by atoms with Crippen molar-refractivity contribution in [3.63, 3.8) is 0 Å². The number of hydroxylamine groups is 1. The standard InChI is InChI=1S/C23H25N5O5/c1-4-5-7-14-8-6-9-15(12-14)19-26-18(24)17(21(30)28-32-13-23(2,3)31)22(27-19)33-16-10-11-25-20(16)29/h4,6,8-9,12,16,31H,1,10-11,13H2,2-3H3,(H,25,29)(H,28,30)(H2,24,26,27)/t16-/m0/s1. The summed E-state index contributed by atoms with van der Waals surface area (Å²) < 4.78 is 5.78. The molecule has 0 radical (unpaired) electrons. The van der Waals surface area contributed by atoms with E-state index in [1.165, 1.54) is 19.9 Å². The van der Waals surface area contributed by atoms with E-state index in [0.29, 0.717) is 24.1 Å². The quantitative estimate of drug-likeness (QED) is 0.359. The minimum atomic E-state index is -1.17. The van der Waals surface area contributed by atoms with E-state index in [1.807, 2.05) is 6.07 Å². The van der Waals surface area contributed by atoms with Gasteiger partial charge in [-0.15, -0.1) is 0 Å². The van der Waals surface area contributed by atoms with Crippen LogP contribution in [-0.2, 0) is 9.63 Å². The maximum Gasteiger partial charge on any atom is 0.284 e. The van der Waals surface area contributed by atoms with Gasteiger partial charge in [0.1, 0.15) is 18.0 Å². The lowest BCUT2D eigenvalue weighted by Gasteiger charge is -2.18. The molecule has 33 heavy (non-hydrogen) atoms. The van der Waals surface area contributed by atoms with Crippen LogP contribution in [0.25, 0.3) is 11.4 Å². The number of nitrogen functional groups attached to an aromatic ring is 1. The van der Waals surface area contributed by atoms with Gasteiger partial charge in [-0.3, -0.25) is 14.4 Å². The Bertz CT molecular complexity index is 1130. The number of ether oxygens (including phenoxy) is 1. The largest absolute Gasteiger partial charge is 0.463 e. The number of aliphatic hydroxyl groups is 1. The van der Waals surface area contributed by atoms with Crippen LogP contribution < -0.4 is 21.3 Å². The average Bonchev–Trinajstić information content (AvgIpc) is 3.15. The van der Waals surface area contributed by atoms with Crippen LogP contribution >= 0.6 is 0 Å². The highest BCUT2D eigenvalue weighted by atomic mass is 16.7. The molecule has 10 nitrogen and oxygen atoms in total. The summed E-state index contributed by atoms with van der Waals surface area (Å²) >= 11 is 0. The molecule has 1 aromatic carbocycles. The van der Waals surface area contributed by atoms with Crippen molar-refractivity contribution >= 4 is 17.6 Å². The Morgan fingerprint density at radius 1 is 1.45 bits per heavy atom. The molecule has 1 aromatic heterocycles. The van der Waals surface area contributed by atoms with Crippen molar-refractivity contribution in [2.24, 2.45) is 0 Å². The minimum absolute atomic E-state index is 0.161. The van der Waals surface area contributed by atoms with Gasteiger partial charge in [0.2, 0.25) is 5.88 Å². The van der Waals surface area contributed by atoms with Crippen LogP contribution in [-0.4, -0.2) is 51.7 Å². The summed E-state index contributed by atoms with van der Waals surface area (Å²) in [5.41, 5.74) is 8.24. The summed E-state index contributed by atoms with van der Waals surface area (Å²) in [6.07, 6.45) is 1.05. The second-order valence-corrected chi connectivity index (χ2v) is 7.89. The summed E-state index contributed by atoms with van der Waals surface area (Å²) in [7, 11) is 0. The van der Waals surface area contributed by atoms with Crippen molar-refractivity contribution in [1.82, 2.24) is 20.8 Å². The van der Waals surface area contributed by atoms with Crippen LogP contribution in [0.2, 0.25) is 0 Å². The first-order valence-electron chi connectivity index (χ1n) is 10.2. The number of nitrogens with two attached hydrogens (primary N) is 1. The topological polar surface area (TPSA) is 149 Å². The highest BCUT2D eigenvalue weighted by molar-refractivity contribution is 6.00. The molecule has 1 atom stereocenters. The lowest BCUT2D eigenvalue weighted by atomic mass is 10.1. The van der Waals surface area contributed by atoms with E-state index >= 15 is 0 Å². The predicted octanol–water partition coefficient (Wildman–Crippen LogP) is 0.963. The van der Waals surface area contributed by atoms with E-state index in [9.17, 15) is 14.7 Å². The van der Waals surface area contributed by atoms with Crippen molar-refractivity contribution < 1.29 is 24.3 Å². The maximum atomic E-state index is 12.8. The highest BCUT2D eigenvalue weighted by Crippen LogP contribution is 2.28. The molecule has 0 aliphatic carbocycles. The first-order chi connectivity index (χ1) is 15.7. The molecule has 1 fully saturated rings. The fourth-order valence-electron chi connectivity index (χ4n) is 2.90. The summed E-state index contributed by atoms with van der Waals surface area (Å²) in [6, 6.07) is 7.10. The molecule has 1 aliphatic rings. The Hall–Kier alpha value is -3.94. The van der Waals surface area contributed by atoms with Crippen LogP contribution in [0.1, 0.15) is 36.2 Å². The van der Waals surface area contributed by atoms with Gasteiger partial charge < -0.3 is 20.9 Å². The number of rotatable bonds is 7. The fourth-order valence-corrected chi connectivity index (χ4v) is 2.90. The van der Waals surface area contributed by atoms with Crippen molar-refractivity contribution in [2.45, 2.75) is 32.0 Å². The number of nitrogens with one attached hydrogen (secondary N) is 2. The molecular formula is C23H25N5O5. The zero-order valence-electron chi connectivity index (χ0n) is 18.3. The third kappa shape index (κ3) is 6.29. The Morgan fingerprint density at radius 3 is 2.91 bits per heavy atom. The van der Waals surface area contributed by atoms with Crippen LogP contribution in [0.4, 0.5) is 5.82 Å². The average molecular weight is 451 g/mol. The summed E-state index contributed by atoms with van der Waals surface area (Å²) in [5.74, 6) is 4.46. The van der Waals surface area contributed by atoms with E-state index in [4.69, 9.17) is 15.3 Å². The van der Waals surface area contributed by atoms with Crippen molar-refractivity contribution in [3.8, 4) is 29.1 Å². The van der Waals surface area contributed by atoms with Gasteiger partial charge in [-0.25, -0.2) is 10.5 Å². The van der Waals surface area contributed by atoms with Crippen LogP contribution in [0.15, 0.2) is 36.9 Å². The molecular weight excluding hydrogens is 426 g/mol. The molecule has 2 heterocycles. The molecule has 2 aromatic rings. The van der Waals surface area contributed by atoms with Crippen LogP contribution in [0.5, 0.6) is 5.88 Å². The van der Waals surface area contributed by atoms with Gasteiger partial charge in [-0.05, 0) is 32.1 Å². The van der Waals surface area contributed by atoms with Gasteiger partial charge in [0.05, 0.1) is 5.60 Å². The van der Waals surface area contributed by atoms with Crippen LogP contribution in [0, 0.1) is 11.8 Å². The predicted molar refractivity (Wildman–Crippen MR) is 121 cm³/mol. The van der Waals surface area contributed by atoms with Crippen molar-refractivity contribution in [1.29, 1.82) is 0 Å². The molecule has 0 saturated carbocycles. The molecule has 3 rings (SSSR count). The van der Waals surface area contributed by atoms with Gasteiger partial charge in [0, 0.05) is 24.1 Å². The van der Waals surface area contributed by atoms with Gasteiger partial charge in [-0.2, -0.15) is 4.98 Å². The monoisotopic (exact) mass is 451 g/mol. The molecule has 172 valence electrons. The summed E-state index contributed by atoms with van der Waals surface area (Å²) in [4.78, 5) is 38.5. The maximum absolute atomic E-state index is 12.8. The number of allylic oxidation sites excluding steroid dienone is 1. The molecule has 5 N–H and O–H groups in total. The smallest absolute Gasteiger partial charge is 0.284 e. The third-order valence-corrected chi connectivity index (χ3v) is 4.41. The minimum Gasteiger partial charge on any atom is -0.463 e. The van der Waals surface area contributed by atoms with Gasteiger partial charge >= 0.3 is 0 Å². The number of anilines is 1. The second-order valence-electron chi connectivity index (χ2n) is 7.89. The molecule has 0 unspecified atom stereocenters. The number of nitrogens with zero attached hydrogens (tertiary/aromatic N) is 2. The Labute approximate surface area is 191 Å². The summed E-state index contributed by atoms with van der Waals surface area (Å²) in [5, 5.41) is 12.4. The van der Waals surface area contributed by atoms with Crippen molar-refractivity contribution in [2.75, 3.05) is 18.9 Å². The molecule has 0 bridgehead atoms. The molecule has 0 spiro atoms. The number of hydrogen-bond donors (Lipinski definition) is 4. The number of carbonyl (C=O) groups is 2. The number of carbonyl (C=O) groups excluding carboxylic acids is 2. The van der Waals surface area contributed by atoms with E-state index in [0.717, 1.165) is 0 Å². The number of hydrogen-bond acceptors (Lipinski definition) is 8. The lowest BCUT2D eigenvalue weighted by molar-refractivity contribution is -0.125. The van der Waals surface area contributed by atoms with Crippen LogP contribution in [0.3, 0.4) is 0 Å². The molecule has 1 aliphatic heterocycles. The Balaban J connectivity index is 1.98. The van der Waals surface area contributed by atoms with E-state index < -0.39 is 17.6 Å². The number of benzene rings is 1. The third-order valence-electron chi connectivity index (χ3n) is 4.41. The lowest BCUT2D eigenvalue weighted by Crippen LogP contribution is -2.34. The molecule has 10 heteroatoms. The van der Waals surface area contributed by atoms with Gasteiger partial charge in [0.25, 0.3) is 11.8 Å². The normalized spacial score (nSPS) is 15.2. The highest BCUT2D eigenvalue weighted by Gasteiger charge is 2.30. The zero-order chi connectivity index (χ0) is 24.0. The second kappa shape index (κ2) is 10.1. The Kier molecular flexibility index (Phi) is 7.27. The van der Waals surface area contributed by atoms with Gasteiger partial charge in [-0.1, -0.05) is 30.6 Å². The number of amides is 2. The first kappa shape index (κ1) is 23.7. The van der Waals surface area contributed by atoms with Crippen molar-refractivity contribution in [3.05, 3.63) is 48.0 Å². The zero-order valence-corrected chi connectivity index (χ0v) is 18.3. The summed E-state index contributed by atoms with van der Waals surface area (Å²) in [6.45, 7) is 6.88. The van der Waals surface area contributed by atoms with E-state index in [-0.39, 0.29) is 35.6 Å². The van der Waals surface area contributed by atoms with E-state index in [2.05, 4.69) is 39.2 Å². The van der Waals surface area contributed by atoms with Gasteiger partial charge in [0.15, 0.2) is 11.9 Å². The molecule has 1 saturated heterocycles. The molecule has 2 amide bonds. The fraction of sp³-hybridized carbons (Fsp3) is 0.304. The first-order valence-corrected chi connectivity index (χ1v) is 10.2. The SMILES string of the molecule is C=CC#Cc1cccc(-c2nc(N)c(C(=O)NOCC(C)(C)O)c(O[C@H]3CCNC3=O)n2)c1. The Morgan fingerprint density at radius 2 is 2.24 bits per heavy atom.